The summed E-state index contributed by atoms with van der Waals surface area (Å²) in [6.07, 6.45) is 2.95. The largest absolute Gasteiger partial charge is 0.393 e. The van der Waals surface area contributed by atoms with Crippen molar-refractivity contribution in [2.24, 2.45) is 0 Å². The Labute approximate surface area is 175 Å². The summed E-state index contributed by atoms with van der Waals surface area (Å²) in [7, 11) is 0. The number of nitrogens with two attached hydrogens (primary N) is 2. The van der Waals surface area contributed by atoms with Gasteiger partial charge in [-0.05, 0) is 40.0 Å². The van der Waals surface area contributed by atoms with E-state index in [0.29, 0.717) is 45.9 Å². The molecule has 0 aliphatic carbocycles. The van der Waals surface area contributed by atoms with E-state index in [1.165, 1.54) is 0 Å². The Morgan fingerprint density at radius 1 is 1.30 bits per heavy atom. The molecule has 1 saturated heterocycles. The normalized spacial score (nSPS) is 19.3. The standard InChI is InChI=1S/C21H27N7O2/c1-21(2,3)28-14(30)8-12-15-13(9-22)19(27-7-5-4-6-11(27)10-29)25-17(23)16(15)18(24)26-20(12)28/h11,29H,4-8,10H2,1-3H3,(H2,23,25)(H2,24,26)/p+1/t11-/m0/s1. The van der Waals surface area contributed by atoms with Crippen molar-refractivity contribution in [2.45, 2.75) is 58.0 Å². The van der Waals surface area contributed by atoms with Gasteiger partial charge >= 0.3 is 0 Å². The maximum atomic E-state index is 12.9. The van der Waals surface area contributed by atoms with Gasteiger partial charge in [-0.2, -0.15) is 5.26 Å². The number of nitriles is 1. The smallest absolute Gasteiger partial charge is 0.240 e. The van der Waals surface area contributed by atoms with Crippen molar-refractivity contribution in [2.75, 3.05) is 34.4 Å². The third-order valence-corrected chi connectivity index (χ3v) is 6.01. The van der Waals surface area contributed by atoms with E-state index in [1.807, 2.05) is 25.7 Å². The summed E-state index contributed by atoms with van der Waals surface area (Å²) in [6, 6.07) is 2.21. The van der Waals surface area contributed by atoms with Crippen molar-refractivity contribution in [1.82, 2.24) is 4.98 Å². The predicted octanol–water partition coefficient (Wildman–Crippen LogP) is 1.12. The predicted molar refractivity (Wildman–Crippen MR) is 115 cm³/mol. The van der Waals surface area contributed by atoms with E-state index in [1.54, 1.807) is 4.90 Å². The molecule has 0 bridgehead atoms. The van der Waals surface area contributed by atoms with Gasteiger partial charge in [0.15, 0.2) is 0 Å². The summed E-state index contributed by atoms with van der Waals surface area (Å²) >= 11 is 0. The molecule has 1 fully saturated rings. The number of nitrogens with one attached hydrogen (secondary N) is 1. The van der Waals surface area contributed by atoms with Gasteiger partial charge in [0.1, 0.15) is 23.3 Å². The van der Waals surface area contributed by atoms with Crippen LogP contribution in [-0.2, 0) is 11.2 Å². The fourth-order valence-corrected chi connectivity index (χ4v) is 4.75. The first kappa shape index (κ1) is 20.2. The van der Waals surface area contributed by atoms with Gasteiger partial charge in [-0.25, -0.2) is 9.97 Å². The Kier molecular flexibility index (Phi) is 4.70. The van der Waals surface area contributed by atoms with Crippen LogP contribution < -0.4 is 26.3 Å². The SMILES string of the molecule is CC(C)(C)N1C(=O)Cc2c1nc(N)c1c(N)[nH+]c(N3CCCC[C@H]3CO)c(C#N)c21. The number of pyridine rings is 2. The Morgan fingerprint density at radius 2 is 2.03 bits per heavy atom. The van der Waals surface area contributed by atoms with E-state index < -0.39 is 5.54 Å². The van der Waals surface area contributed by atoms with Crippen molar-refractivity contribution in [3.8, 4) is 6.07 Å². The molecule has 1 atom stereocenters. The van der Waals surface area contributed by atoms with Crippen LogP contribution >= 0.6 is 0 Å². The van der Waals surface area contributed by atoms with Crippen LogP contribution in [0.1, 0.15) is 51.2 Å². The molecule has 0 saturated carbocycles. The van der Waals surface area contributed by atoms with Crippen LogP contribution in [0.5, 0.6) is 0 Å². The van der Waals surface area contributed by atoms with Crippen LogP contribution in [0.25, 0.3) is 10.8 Å². The number of H-pyrrole nitrogens is 1. The van der Waals surface area contributed by atoms with Gasteiger partial charge in [0.25, 0.3) is 0 Å². The van der Waals surface area contributed by atoms with Crippen molar-refractivity contribution in [3.63, 3.8) is 0 Å². The summed E-state index contributed by atoms with van der Waals surface area (Å²) in [5, 5.41) is 21.1. The molecule has 158 valence electrons. The number of aromatic nitrogens is 2. The van der Waals surface area contributed by atoms with E-state index in [9.17, 15) is 15.2 Å². The lowest BCUT2D eigenvalue weighted by Gasteiger charge is -2.32. The van der Waals surface area contributed by atoms with E-state index in [2.05, 4.69) is 16.0 Å². The number of rotatable bonds is 2. The highest BCUT2D eigenvalue weighted by atomic mass is 16.3. The van der Waals surface area contributed by atoms with Crippen LogP contribution in [-0.4, -0.2) is 40.7 Å². The Morgan fingerprint density at radius 3 is 2.67 bits per heavy atom. The molecule has 0 spiro atoms. The van der Waals surface area contributed by atoms with Crippen LogP contribution in [0, 0.1) is 11.3 Å². The fourth-order valence-electron chi connectivity index (χ4n) is 4.75. The van der Waals surface area contributed by atoms with Gasteiger partial charge in [-0.3, -0.25) is 14.6 Å². The molecule has 1 amide bonds. The maximum absolute atomic E-state index is 12.9. The summed E-state index contributed by atoms with van der Waals surface area (Å²) in [5.74, 6) is 1.45. The monoisotopic (exact) mass is 410 g/mol. The molecule has 2 aliphatic heterocycles. The minimum Gasteiger partial charge on any atom is -0.393 e. The number of fused-ring (bicyclic) bond motifs is 3. The Balaban J connectivity index is 2.05. The summed E-state index contributed by atoms with van der Waals surface area (Å²) < 4.78 is 0. The number of piperidine rings is 1. The molecule has 30 heavy (non-hydrogen) atoms. The molecule has 4 heterocycles. The quantitative estimate of drug-likeness (QED) is 0.672. The zero-order valence-corrected chi connectivity index (χ0v) is 17.6. The minimum atomic E-state index is -0.480. The molecular formula is C21H28N7O2+. The molecule has 9 nitrogen and oxygen atoms in total. The number of aromatic amines is 1. The molecule has 0 aromatic carbocycles. The molecule has 0 radical (unpaired) electrons. The zero-order chi connectivity index (χ0) is 21.8. The molecule has 4 rings (SSSR count). The second kappa shape index (κ2) is 6.99. The minimum absolute atomic E-state index is 0.0104. The highest BCUT2D eigenvalue weighted by Gasteiger charge is 2.40. The molecule has 9 heteroatoms. The van der Waals surface area contributed by atoms with Crippen molar-refractivity contribution >= 4 is 40.0 Å². The number of aliphatic hydroxyl groups excluding tert-OH is 1. The highest BCUT2D eigenvalue weighted by Crippen LogP contribution is 2.43. The molecule has 0 unspecified atom stereocenters. The topological polar surface area (TPSA) is 147 Å². The first-order chi connectivity index (χ1) is 14.2. The number of carbonyl (C=O) groups is 1. The van der Waals surface area contributed by atoms with Gasteiger partial charge in [-0.1, -0.05) is 0 Å². The lowest BCUT2D eigenvalue weighted by molar-refractivity contribution is -0.345. The van der Waals surface area contributed by atoms with Gasteiger partial charge < -0.3 is 16.6 Å². The fraction of sp³-hybridized carbons (Fsp3) is 0.524. The lowest BCUT2D eigenvalue weighted by Crippen LogP contribution is -2.45. The van der Waals surface area contributed by atoms with Crippen molar-refractivity contribution in [1.29, 1.82) is 5.26 Å². The summed E-state index contributed by atoms with van der Waals surface area (Å²) in [6.45, 7) is 6.50. The summed E-state index contributed by atoms with van der Waals surface area (Å²) in [4.78, 5) is 24.2. The third-order valence-electron chi connectivity index (χ3n) is 6.01. The van der Waals surface area contributed by atoms with Crippen LogP contribution in [0.2, 0.25) is 0 Å². The van der Waals surface area contributed by atoms with Gasteiger partial charge in [0.05, 0.1) is 31.0 Å². The van der Waals surface area contributed by atoms with Crippen molar-refractivity contribution < 1.29 is 14.9 Å². The first-order valence-corrected chi connectivity index (χ1v) is 10.3. The summed E-state index contributed by atoms with van der Waals surface area (Å²) in [5.41, 5.74) is 13.2. The number of anilines is 4. The first-order valence-electron chi connectivity index (χ1n) is 10.3. The van der Waals surface area contributed by atoms with E-state index in [-0.39, 0.29) is 30.8 Å². The van der Waals surface area contributed by atoms with Crippen molar-refractivity contribution in [3.05, 3.63) is 11.1 Å². The second-order valence-electron chi connectivity index (χ2n) is 9.03. The van der Waals surface area contributed by atoms with E-state index in [4.69, 9.17) is 11.5 Å². The number of hydrogen-bond acceptors (Lipinski definition) is 7. The molecule has 2 aromatic rings. The Bertz CT molecular complexity index is 1080. The number of carbonyl (C=O) groups excluding carboxylic acids is 1. The van der Waals surface area contributed by atoms with Gasteiger partial charge in [0, 0.05) is 16.5 Å². The van der Waals surface area contributed by atoms with E-state index in [0.717, 1.165) is 19.3 Å². The molecule has 2 aromatic heterocycles. The van der Waals surface area contributed by atoms with Crippen LogP contribution in [0.4, 0.5) is 23.3 Å². The van der Waals surface area contributed by atoms with E-state index >= 15 is 0 Å². The zero-order valence-electron chi connectivity index (χ0n) is 17.6. The number of nitrogen functional groups attached to an aromatic ring is 2. The maximum Gasteiger partial charge on any atom is 0.240 e. The Hall–Kier alpha value is -3.12. The van der Waals surface area contributed by atoms with Crippen LogP contribution in [0.3, 0.4) is 0 Å². The molecule has 6 N–H and O–H groups in total. The third kappa shape index (κ3) is 2.91. The number of aliphatic hydroxyl groups is 1. The average Bonchev–Trinajstić information content (AvgIpc) is 3.03. The second-order valence-corrected chi connectivity index (χ2v) is 9.03. The lowest BCUT2D eigenvalue weighted by atomic mass is 9.97. The van der Waals surface area contributed by atoms with Gasteiger partial charge in [-0.15, -0.1) is 0 Å². The molecular weight excluding hydrogens is 382 g/mol. The molecule has 2 aliphatic rings. The number of hydrogen-bond donors (Lipinski definition) is 3. The average molecular weight is 411 g/mol. The number of nitrogens with zero attached hydrogens (tertiary/aromatic N) is 4. The highest BCUT2D eigenvalue weighted by molar-refractivity contribution is 6.13. The van der Waals surface area contributed by atoms with Crippen LogP contribution in [0.15, 0.2) is 0 Å². The van der Waals surface area contributed by atoms with Gasteiger partial charge in [0.2, 0.25) is 17.5 Å². The number of amides is 1.